The molecule has 3 aromatic carbocycles. The van der Waals surface area contributed by atoms with Crippen molar-refractivity contribution in [2.75, 3.05) is 12.0 Å². The maximum atomic E-state index is 13.5. The summed E-state index contributed by atoms with van der Waals surface area (Å²) in [6, 6.07) is 19.8. The zero-order valence-electron chi connectivity index (χ0n) is 15.5. The van der Waals surface area contributed by atoms with Crippen LogP contribution in [0.4, 0.5) is 10.1 Å². The molecule has 1 aliphatic rings. The molecule has 1 amide bonds. The predicted molar refractivity (Wildman–Crippen MR) is 113 cm³/mol. The Morgan fingerprint density at radius 3 is 2.34 bits per heavy atom. The number of carbonyl (C=O) groups excluding carboxylic acids is 1. The summed E-state index contributed by atoms with van der Waals surface area (Å²) in [4.78, 5) is 14.5. The topological polar surface area (TPSA) is 49.8 Å². The first-order valence-corrected chi connectivity index (χ1v) is 9.71. The largest absolute Gasteiger partial charge is 0.503 e. The number of methoxy groups -OCH3 is 1. The molecule has 0 aliphatic carbocycles. The van der Waals surface area contributed by atoms with Crippen molar-refractivity contribution in [2.45, 2.75) is 6.04 Å². The summed E-state index contributed by atoms with van der Waals surface area (Å²) in [7, 11) is 1.57. The summed E-state index contributed by atoms with van der Waals surface area (Å²) in [5, 5.41) is 10.8. The fourth-order valence-corrected chi connectivity index (χ4v) is 3.95. The normalized spacial score (nSPS) is 16.4. The number of nitrogens with zero attached hydrogens (tertiary/aromatic N) is 1. The van der Waals surface area contributed by atoms with Gasteiger partial charge >= 0.3 is 0 Å². The van der Waals surface area contributed by atoms with Gasteiger partial charge in [0.05, 0.1) is 13.2 Å². The molecule has 4 rings (SSSR count). The summed E-state index contributed by atoms with van der Waals surface area (Å²) >= 11 is 3.47. The number of rotatable bonds is 4. The fourth-order valence-electron chi connectivity index (χ4n) is 3.53. The maximum Gasteiger partial charge on any atom is 0.294 e. The molecule has 1 N–H and O–H groups in total. The number of anilines is 1. The first-order chi connectivity index (χ1) is 14.0. The van der Waals surface area contributed by atoms with E-state index in [1.54, 1.807) is 31.4 Å². The van der Waals surface area contributed by atoms with Crippen LogP contribution in [0.2, 0.25) is 0 Å². The number of amides is 1. The molecule has 146 valence electrons. The van der Waals surface area contributed by atoms with Gasteiger partial charge in [-0.1, -0.05) is 40.2 Å². The third kappa shape index (κ3) is 3.51. The Morgan fingerprint density at radius 2 is 1.72 bits per heavy atom. The van der Waals surface area contributed by atoms with Gasteiger partial charge in [0.15, 0.2) is 5.76 Å². The lowest BCUT2D eigenvalue weighted by molar-refractivity contribution is -0.117. The molecule has 0 fully saturated rings. The van der Waals surface area contributed by atoms with Crippen LogP contribution in [0.1, 0.15) is 17.2 Å². The summed E-state index contributed by atoms with van der Waals surface area (Å²) in [6.45, 7) is 0. The van der Waals surface area contributed by atoms with E-state index >= 15 is 0 Å². The molecule has 1 heterocycles. The van der Waals surface area contributed by atoms with Gasteiger partial charge < -0.3 is 9.84 Å². The molecule has 0 bridgehead atoms. The summed E-state index contributed by atoms with van der Waals surface area (Å²) in [6.07, 6.45) is 0. The average molecular weight is 454 g/mol. The molecule has 6 heteroatoms. The highest BCUT2D eigenvalue weighted by atomic mass is 79.9. The molecule has 1 unspecified atom stereocenters. The van der Waals surface area contributed by atoms with Crippen molar-refractivity contribution in [3.8, 4) is 5.75 Å². The first kappa shape index (κ1) is 19.2. The van der Waals surface area contributed by atoms with E-state index in [1.807, 2.05) is 24.3 Å². The SMILES string of the molecule is COc1ccc(C2=C(O)C(=O)N(c3ccc(F)cc3)C2c2cccc(Br)c2)cc1. The Hall–Kier alpha value is -3.12. The highest BCUT2D eigenvalue weighted by Gasteiger charge is 2.42. The Bertz CT molecular complexity index is 1090. The highest BCUT2D eigenvalue weighted by Crippen LogP contribution is 2.45. The van der Waals surface area contributed by atoms with Crippen LogP contribution >= 0.6 is 15.9 Å². The molecule has 0 radical (unpaired) electrons. The van der Waals surface area contributed by atoms with Crippen molar-refractivity contribution < 1.29 is 19.0 Å². The maximum absolute atomic E-state index is 13.5. The Balaban J connectivity index is 1.89. The number of halogens is 2. The Kier molecular flexibility index (Phi) is 5.11. The van der Waals surface area contributed by atoms with E-state index in [-0.39, 0.29) is 5.76 Å². The smallest absolute Gasteiger partial charge is 0.294 e. The van der Waals surface area contributed by atoms with E-state index in [0.29, 0.717) is 22.6 Å². The summed E-state index contributed by atoms with van der Waals surface area (Å²) in [5.41, 5.74) is 2.50. The zero-order valence-corrected chi connectivity index (χ0v) is 17.1. The molecule has 1 atom stereocenters. The molecule has 1 aliphatic heterocycles. The second kappa shape index (κ2) is 7.72. The van der Waals surface area contributed by atoms with Gasteiger partial charge in [-0.15, -0.1) is 0 Å². The van der Waals surface area contributed by atoms with Gasteiger partial charge in [0, 0.05) is 15.7 Å². The van der Waals surface area contributed by atoms with Crippen molar-refractivity contribution in [1.29, 1.82) is 0 Å². The van der Waals surface area contributed by atoms with Gasteiger partial charge in [0.1, 0.15) is 11.6 Å². The minimum Gasteiger partial charge on any atom is -0.503 e. The van der Waals surface area contributed by atoms with Crippen molar-refractivity contribution >= 4 is 33.1 Å². The summed E-state index contributed by atoms with van der Waals surface area (Å²) in [5.74, 6) is -0.587. The predicted octanol–water partition coefficient (Wildman–Crippen LogP) is 5.65. The lowest BCUT2D eigenvalue weighted by Gasteiger charge is -2.27. The number of aliphatic hydroxyl groups is 1. The van der Waals surface area contributed by atoms with Crippen LogP contribution in [0.25, 0.3) is 5.57 Å². The van der Waals surface area contributed by atoms with E-state index in [0.717, 1.165) is 10.0 Å². The molecular formula is C23H17BrFNO3. The first-order valence-electron chi connectivity index (χ1n) is 8.91. The van der Waals surface area contributed by atoms with Gasteiger partial charge in [-0.3, -0.25) is 9.69 Å². The third-order valence-electron chi connectivity index (χ3n) is 4.88. The number of hydrogen-bond donors (Lipinski definition) is 1. The number of aliphatic hydroxyl groups excluding tert-OH is 1. The van der Waals surface area contributed by atoms with Crippen LogP contribution in [0.3, 0.4) is 0 Å². The zero-order chi connectivity index (χ0) is 20.5. The van der Waals surface area contributed by atoms with E-state index in [2.05, 4.69) is 15.9 Å². The average Bonchev–Trinajstić information content (AvgIpc) is 3.00. The van der Waals surface area contributed by atoms with E-state index in [1.165, 1.54) is 29.2 Å². The standard InChI is InChI=1S/C23H17BrFNO3/c1-29-19-11-5-14(6-12-19)20-21(15-3-2-4-16(24)13-15)26(23(28)22(20)27)18-9-7-17(25)8-10-18/h2-13,21,27H,1H3. The number of carbonyl (C=O) groups is 1. The lowest BCUT2D eigenvalue weighted by Crippen LogP contribution is -2.30. The second-order valence-corrected chi connectivity index (χ2v) is 7.52. The van der Waals surface area contributed by atoms with Crippen LogP contribution in [0, 0.1) is 5.82 Å². The van der Waals surface area contributed by atoms with Gasteiger partial charge in [-0.25, -0.2) is 4.39 Å². The highest BCUT2D eigenvalue weighted by molar-refractivity contribution is 9.10. The number of benzene rings is 3. The molecule has 0 spiro atoms. The summed E-state index contributed by atoms with van der Waals surface area (Å²) < 4.78 is 19.5. The molecular weight excluding hydrogens is 437 g/mol. The van der Waals surface area contributed by atoms with Crippen LogP contribution < -0.4 is 9.64 Å². The number of ether oxygens (including phenoxy) is 1. The van der Waals surface area contributed by atoms with Crippen LogP contribution in [0.5, 0.6) is 5.75 Å². The molecule has 3 aromatic rings. The van der Waals surface area contributed by atoms with Gasteiger partial charge in [-0.05, 0) is 59.7 Å². The van der Waals surface area contributed by atoms with Crippen LogP contribution in [-0.2, 0) is 4.79 Å². The van der Waals surface area contributed by atoms with Crippen molar-refractivity contribution in [2.24, 2.45) is 0 Å². The minimum atomic E-state index is -0.571. The monoisotopic (exact) mass is 453 g/mol. The van der Waals surface area contributed by atoms with E-state index < -0.39 is 17.8 Å². The fraction of sp³-hybridized carbons (Fsp3) is 0.0870. The van der Waals surface area contributed by atoms with Gasteiger partial charge in [0.2, 0.25) is 0 Å². The van der Waals surface area contributed by atoms with Crippen molar-refractivity contribution in [3.05, 3.63) is 100.0 Å². The van der Waals surface area contributed by atoms with Crippen LogP contribution in [-0.4, -0.2) is 18.1 Å². The van der Waals surface area contributed by atoms with Gasteiger partial charge in [0.25, 0.3) is 5.91 Å². The van der Waals surface area contributed by atoms with Crippen molar-refractivity contribution in [1.82, 2.24) is 0 Å². The quantitative estimate of drug-likeness (QED) is 0.554. The lowest BCUT2D eigenvalue weighted by atomic mass is 9.93. The minimum absolute atomic E-state index is 0.329. The van der Waals surface area contributed by atoms with Crippen molar-refractivity contribution in [3.63, 3.8) is 0 Å². The van der Waals surface area contributed by atoms with E-state index in [4.69, 9.17) is 4.74 Å². The molecule has 0 saturated heterocycles. The van der Waals surface area contributed by atoms with Gasteiger partial charge in [-0.2, -0.15) is 0 Å². The molecule has 0 saturated carbocycles. The molecule has 0 aromatic heterocycles. The van der Waals surface area contributed by atoms with E-state index in [9.17, 15) is 14.3 Å². The molecule has 4 nitrogen and oxygen atoms in total. The third-order valence-corrected chi connectivity index (χ3v) is 5.37. The second-order valence-electron chi connectivity index (χ2n) is 6.60. The van der Waals surface area contributed by atoms with Crippen LogP contribution in [0.15, 0.2) is 83.0 Å². The Morgan fingerprint density at radius 1 is 1.03 bits per heavy atom. The molecule has 29 heavy (non-hydrogen) atoms. The number of hydrogen-bond acceptors (Lipinski definition) is 3. The Labute approximate surface area is 176 Å².